The predicted octanol–water partition coefficient (Wildman–Crippen LogP) is 2.70. The topological polar surface area (TPSA) is 22.1 Å². The Morgan fingerprint density at radius 1 is 1.50 bits per heavy atom. The molecule has 2 nitrogen and oxygen atoms in total. The summed E-state index contributed by atoms with van der Waals surface area (Å²) in [6.45, 7) is 0. The van der Waals surface area contributed by atoms with Crippen LogP contribution in [-0.2, 0) is 6.18 Å². The molecule has 0 aliphatic rings. The summed E-state index contributed by atoms with van der Waals surface area (Å²) in [5.41, 5.74) is -0.801. The van der Waals surface area contributed by atoms with E-state index >= 15 is 0 Å². The monoisotopic (exact) mass is 249 g/mol. The van der Waals surface area contributed by atoms with Crippen LogP contribution in [0.4, 0.5) is 13.2 Å². The molecule has 0 radical (unpaired) electrons. The Labute approximate surface area is 95.4 Å². The maximum atomic E-state index is 12.4. The van der Waals surface area contributed by atoms with Crippen molar-refractivity contribution >= 4 is 11.6 Å². The summed E-state index contributed by atoms with van der Waals surface area (Å²) < 4.78 is 41.9. The van der Waals surface area contributed by atoms with Crippen molar-refractivity contribution in [1.82, 2.24) is 4.98 Å². The molecule has 0 aromatic carbocycles. The highest BCUT2D eigenvalue weighted by molar-refractivity contribution is 6.19. The molecule has 0 fully saturated rings. The summed E-state index contributed by atoms with van der Waals surface area (Å²) >= 11 is 5.32. The van der Waals surface area contributed by atoms with Crippen LogP contribution in [0.5, 0.6) is 5.88 Å². The molecule has 0 aliphatic heterocycles. The summed E-state index contributed by atoms with van der Waals surface area (Å²) in [5.74, 6) is 4.98. The van der Waals surface area contributed by atoms with Crippen molar-refractivity contribution in [3.8, 4) is 17.7 Å². The van der Waals surface area contributed by atoms with Crippen LogP contribution in [-0.4, -0.2) is 18.0 Å². The van der Waals surface area contributed by atoms with Gasteiger partial charge >= 0.3 is 6.18 Å². The van der Waals surface area contributed by atoms with Crippen LogP contribution in [0, 0.1) is 11.8 Å². The smallest absolute Gasteiger partial charge is 0.417 e. The molecule has 0 N–H and O–H groups in total. The zero-order valence-corrected chi connectivity index (χ0v) is 8.99. The van der Waals surface area contributed by atoms with Crippen LogP contribution in [0.2, 0.25) is 0 Å². The maximum absolute atomic E-state index is 12.4. The summed E-state index contributed by atoms with van der Waals surface area (Å²) in [6, 6.07) is 0.880. The number of ether oxygens (including phenoxy) is 1. The van der Waals surface area contributed by atoms with Gasteiger partial charge in [-0.25, -0.2) is 4.98 Å². The van der Waals surface area contributed by atoms with Crippen LogP contribution < -0.4 is 4.74 Å². The quantitative estimate of drug-likeness (QED) is 0.564. The lowest BCUT2D eigenvalue weighted by Crippen LogP contribution is -2.06. The van der Waals surface area contributed by atoms with Gasteiger partial charge in [0.2, 0.25) is 5.88 Å². The Morgan fingerprint density at radius 3 is 2.69 bits per heavy atom. The fraction of sp³-hybridized carbons (Fsp3) is 0.300. The first-order valence-electron chi connectivity index (χ1n) is 4.15. The Hall–Kier alpha value is -1.41. The molecule has 86 valence electrons. The SMILES string of the molecule is COc1ncc(C(F)(F)F)cc1C#CCCl. The van der Waals surface area contributed by atoms with Crippen molar-refractivity contribution in [2.24, 2.45) is 0 Å². The molecule has 0 atom stereocenters. The average molecular weight is 250 g/mol. The fourth-order valence-electron chi connectivity index (χ4n) is 0.988. The average Bonchev–Trinajstić information content (AvgIpc) is 2.24. The number of pyridine rings is 1. The highest BCUT2D eigenvalue weighted by Crippen LogP contribution is 2.30. The first kappa shape index (κ1) is 12.7. The zero-order valence-electron chi connectivity index (χ0n) is 8.23. The van der Waals surface area contributed by atoms with Gasteiger partial charge in [0, 0.05) is 6.20 Å². The van der Waals surface area contributed by atoms with Gasteiger partial charge in [0.05, 0.1) is 24.1 Å². The lowest BCUT2D eigenvalue weighted by atomic mass is 10.2. The largest absolute Gasteiger partial charge is 0.480 e. The number of methoxy groups -OCH3 is 1. The van der Waals surface area contributed by atoms with Crippen LogP contribution >= 0.6 is 11.6 Å². The molecule has 0 saturated heterocycles. The van der Waals surface area contributed by atoms with Crippen molar-refractivity contribution in [3.05, 3.63) is 23.4 Å². The highest BCUT2D eigenvalue weighted by atomic mass is 35.5. The van der Waals surface area contributed by atoms with Gasteiger partial charge in [-0.05, 0) is 6.07 Å². The molecule has 16 heavy (non-hydrogen) atoms. The van der Waals surface area contributed by atoms with E-state index in [1.807, 2.05) is 0 Å². The molecule has 0 bridgehead atoms. The lowest BCUT2D eigenvalue weighted by molar-refractivity contribution is -0.137. The van der Waals surface area contributed by atoms with E-state index < -0.39 is 11.7 Å². The van der Waals surface area contributed by atoms with E-state index in [4.69, 9.17) is 16.3 Å². The van der Waals surface area contributed by atoms with Crippen molar-refractivity contribution in [2.45, 2.75) is 6.18 Å². The Morgan fingerprint density at radius 2 is 2.19 bits per heavy atom. The van der Waals surface area contributed by atoms with Gasteiger partial charge in [0.1, 0.15) is 0 Å². The lowest BCUT2D eigenvalue weighted by Gasteiger charge is -2.08. The molecule has 1 aromatic rings. The molecule has 0 unspecified atom stereocenters. The third-order valence-electron chi connectivity index (χ3n) is 1.66. The van der Waals surface area contributed by atoms with E-state index in [1.165, 1.54) is 7.11 Å². The second-order valence-corrected chi connectivity index (χ2v) is 2.98. The van der Waals surface area contributed by atoms with E-state index in [1.54, 1.807) is 0 Å². The van der Waals surface area contributed by atoms with Crippen molar-refractivity contribution in [2.75, 3.05) is 13.0 Å². The normalized spacial score (nSPS) is 10.6. The van der Waals surface area contributed by atoms with Crippen LogP contribution in [0.15, 0.2) is 12.3 Å². The van der Waals surface area contributed by atoms with E-state index in [9.17, 15) is 13.2 Å². The first-order chi connectivity index (χ1) is 7.49. The summed E-state index contributed by atoms with van der Waals surface area (Å²) in [4.78, 5) is 3.53. The van der Waals surface area contributed by atoms with Gasteiger partial charge in [0.15, 0.2) is 0 Å². The highest BCUT2D eigenvalue weighted by Gasteiger charge is 2.31. The molecule has 1 rings (SSSR count). The molecule has 6 heteroatoms. The van der Waals surface area contributed by atoms with Gasteiger partial charge in [-0.1, -0.05) is 11.8 Å². The summed E-state index contributed by atoms with van der Waals surface area (Å²) in [5, 5.41) is 0. The van der Waals surface area contributed by atoms with Crippen LogP contribution in [0.3, 0.4) is 0 Å². The van der Waals surface area contributed by atoms with E-state index in [0.29, 0.717) is 6.20 Å². The number of aromatic nitrogens is 1. The number of rotatable bonds is 1. The fourth-order valence-corrected chi connectivity index (χ4v) is 1.05. The van der Waals surface area contributed by atoms with Crippen molar-refractivity contribution in [3.63, 3.8) is 0 Å². The second kappa shape index (κ2) is 5.08. The molecule has 1 heterocycles. The van der Waals surface area contributed by atoms with Gasteiger partial charge in [-0.15, -0.1) is 11.6 Å². The van der Waals surface area contributed by atoms with Gasteiger partial charge in [-0.3, -0.25) is 0 Å². The van der Waals surface area contributed by atoms with E-state index in [-0.39, 0.29) is 17.3 Å². The maximum Gasteiger partial charge on any atom is 0.417 e. The predicted molar refractivity (Wildman–Crippen MR) is 53.4 cm³/mol. The molecule has 0 amide bonds. The molecular formula is C10H7ClF3NO. The molecule has 0 aliphatic carbocycles. The third-order valence-corrected chi connectivity index (χ3v) is 1.80. The van der Waals surface area contributed by atoms with Crippen LogP contribution in [0.25, 0.3) is 0 Å². The Balaban J connectivity index is 3.21. The molecule has 1 aromatic heterocycles. The second-order valence-electron chi connectivity index (χ2n) is 2.71. The Bertz CT molecular complexity index is 434. The van der Waals surface area contributed by atoms with Gasteiger partial charge in [-0.2, -0.15) is 13.2 Å². The first-order valence-corrected chi connectivity index (χ1v) is 4.68. The molecular weight excluding hydrogens is 243 g/mol. The number of halogens is 4. The standard InChI is InChI=1S/C10H7ClF3NO/c1-16-9-7(3-2-4-11)5-8(6-15-9)10(12,13)14/h5-6H,4H2,1H3. The van der Waals surface area contributed by atoms with Gasteiger partial charge < -0.3 is 4.74 Å². The van der Waals surface area contributed by atoms with Crippen molar-refractivity contribution in [1.29, 1.82) is 0 Å². The van der Waals surface area contributed by atoms with Gasteiger partial charge in [0.25, 0.3) is 0 Å². The van der Waals surface area contributed by atoms with E-state index in [0.717, 1.165) is 6.07 Å². The Kier molecular flexibility index (Phi) is 4.02. The minimum Gasteiger partial charge on any atom is -0.480 e. The number of alkyl halides is 4. The summed E-state index contributed by atoms with van der Waals surface area (Å²) in [7, 11) is 1.31. The van der Waals surface area contributed by atoms with E-state index in [2.05, 4.69) is 16.8 Å². The minimum absolute atomic E-state index is 0.0272. The molecule has 0 spiro atoms. The minimum atomic E-state index is -4.45. The number of nitrogens with zero attached hydrogens (tertiary/aromatic N) is 1. The number of hydrogen-bond donors (Lipinski definition) is 0. The molecule has 0 saturated carbocycles. The van der Waals surface area contributed by atoms with Crippen molar-refractivity contribution < 1.29 is 17.9 Å². The summed E-state index contributed by atoms with van der Waals surface area (Å²) in [6.07, 6.45) is -3.75. The zero-order chi connectivity index (χ0) is 12.2. The number of hydrogen-bond acceptors (Lipinski definition) is 2. The third kappa shape index (κ3) is 3.04. The van der Waals surface area contributed by atoms with Crippen LogP contribution in [0.1, 0.15) is 11.1 Å².